The monoisotopic (exact) mass is 469 g/mol. The maximum atomic E-state index is 12.9. The lowest BCUT2D eigenvalue weighted by Gasteiger charge is -2.29. The maximum Gasteiger partial charge on any atom is 0.243 e. The Morgan fingerprint density at radius 2 is 1.78 bits per heavy atom. The van der Waals surface area contributed by atoms with E-state index in [0.717, 1.165) is 16.8 Å². The van der Waals surface area contributed by atoms with Crippen LogP contribution in [0, 0.1) is 0 Å². The van der Waals surface area contributed by atoms with Crippen LogP contribution >= 0.6 is 11.6 Å². The Labute approximate surface area is 190 Å². The molecule has 5 rings (SSSR count). The number of benzene rings is 2. The molecule has 0 amide bonds. The van der Waals surface area contributed by atoms with E-state index in [1.807, 2.05) is 30.3 Å². The van der Waals surface area contributed by atoms with Gasteiger partial charge in [-0.15, -0.1) is 0 Å². The van der Waals surface area contributed by atoms with Crippen LogP contribution in [0.2, 0.25) is 5.02 Å². The van der Waals surface area contributed by atoms with Gasteiger partial charge in [0.25, 0.3) is 0 Å². The van der Waals surface area contributed by atoms with Crippen LogP contribution in [0.1, 0.15) is 24.7 Å². The second-order valence-corrected chi connectivity index (χ2v) is 10.0. The zero-order valence-corrected chi connectivity index (χ0v) is 18.6. The van der Waals surface area contributed by atoms with Gasteiger partial charge in [-0.1, -0.05) is 35.0 Å². The number of H-pyrrole nitrogens is 1. The Balaban J connectivity index is 1.28. The van der Waals surface area contributed by atoms with Crippen molar-refractivity contribution in [3.05, 3.63) is 71.7 Å². The van der Waals surface area contributed by atoms with E-state index in [9.17, 15) is 8.42 Å². The molecule has 164 valence electrons. The molecule has 10 heteroatoms. The first-order chi connectivity index (χ1) is 15.5. The zero-order chi connectivity index (χ0) is 22.1. The number of hydrogen-bond donors (Lipinski definition) is 1. The summed E-state index contributed by atoms with van der Waals surface area (Å²) in [6, 6.07) is 15.9. The highest BCUT2D eigenvalue weighted by atomic mass is 35.5. The van der Waals surface area contributed by atoms with Gasteiger partial charge in [0, 0.05) is 41.4 Å². The van der Waals surface area contributed by atoms with Crippen LogP contribution < -0.4 is 0 Å². The van der Waals surface area contributed by atoms with E-state index in [4.69, 9.17) is 16.1 Å². The van der Waals surface area contributed by atoms with Crippen molar-refractivity contribution >= 4 is 21.6 Å². The number of nitrogens with zero attached hydrogens (tertiary/aromatic N) is 4. The molecule has 0 unspecified atom stereocenters. The van der Waals surface area contributed by atoms with Gasteiger partial charge in [0.05, 0.1) is 10.6 Å². The average molecular weight is 470 g/mol. The summed E-state index contributed by atoms with van der Waals surface area (Å²) in [5, 5.41) is 11.6. The van der Waals surface area contributed by atoms with Gasteiger partial charge in [-0.2, -0.15) is 14.4 Å². The second-order valence-electron chi connectivity index (χ2n) is 7.64. The molecule has 0 bridgehead atoms. The normalized spacial score (nSPS) is 15.8. The van der Waals surface area contributed by atoms with Crippen LogP contribution in [0.25, 0.3) is 22.6 Å². The van der Waals surface area contributed by atoms with Gasteiger partial charge in [-0.3, -0.25) is 5.10 Å². The molecule has 1 aliphatic rings. The Hall–Kier alpha value is -3.01. The van der Waals surface area contributed by atoms with Crippen molar-refractivity contribution in [2.24, 2.45) is 0 Å². The molecule has 2 aromatic heterocycles. The van der Waals surface area contributed by atoms with Crippen molar-refractivity contribution in [3.63, 3.8) is 0 Å². The van der Waals surface area contributed by atoms with Crippen LogP contribution in [0.4, 0.5) is 0 Å². The standard InChI is InChI=1S/C22H20ClN5O3S/c23-18-4-6-19(7-5-18)32(29,30)28-12-9-15(10-13-28)22-25-21(27-31-22)17-3-1-2-16(14-17)20-8-11-24-26-20/h1-8,11,14-15H,9-10,12-13H2,(H,24,26). The highest BCUT2D eigenvalue weighted by Crippen LogP contribution is 2.32. The summed E-state index contributed by atoms with van der Waals surface area (Å²) in [4.78, 5) is 4.84. The minimum Gasteiger partial charge on any atom is -0.339 e. The maximum absolute atomic E-state index is 12.9. The molecule has 1 N–H and O–H groups in total. The van der Waals surface area contributed by atoms with E-state index in [2.05, 4.69) is 20.3 Å². The van der Waals surface area contributed by atoms with E-state index < -0.39 is 10.0 Å². The van der Waals surface area contributed by atoms with Crippen molar-refractivity contribution in [2.75, 3.05) is 13.1 Å². The van der Waals surface area contributed by atoms with Gasteiger partial charge in [-0.05, 0) is 49.2 Å². The lowest BCUT2D eigenvalue weighted by atomic mass is 9.98. The van der Waals surface area contributed by atoms with Gasteiger partial charge in [0.1, 0.15) is 0 Å². The Bertz CT molecular complexity index is 1310. The van der Waals surface area contributed by atoms with Crippen LogP contribution in [0.15, 0.2) is 70.2 Å². The lowest BCUT2D eigenvalue weighted by molar-refractivity contribution is 0.271. The summed E-state index contributed by atoms with van der Waals surface area (Å²) in [6.45, 7) is 0.783. The van der Waals surface area contributed by atoms with Gasteiger partial charge in [-0.25, -0.2) is 8.42 Å². The average Bonchev–Trinajstić information content (AvgIpc) is 3.52. The third-order valence-electron chi connectivity index (χ3n) is 5.63. The highest BCUT2D eigenvalue weighted by molar-refractivity contribution is 7.89. The quantitative estimate of drug-likeness (QED) is 0.466. The summed E-state index contributed by atoms with van der Waals surface area (Å²) >= 11 is 5.88. The molecule has 0 spiro atoms. The third-order valence-corrected chi connectivity index (χ3v) is 7.79. The highest BCUT2D eigenvalue weighted by Gasteiger charge is 2.32. The van der Waals surface area contributed by atoms with E-state index >= 15 is 0 Å². The first-order valence-corrected chi connectivity index (χ1v) is 12.0. The number of sulfonamides is 1. The Kier molecular flexibility index (Phi) is 5.54. The molecule has 0 saturated carbocycles. The van der Waals surface area contributed by atoms with Crippen molar-refractivity contribution in [1.82, 2.24) is 24.6 Å². The fraction of sp³-hybridized carbons (Fsp3) is 0.227. The summed E-state index contributed by atoms with van der Waals surface area (Å²) in [5.74, 6) is 1.07. The second kappa shape index (κ2) is 8.50. The first kappa shape index (κ1) is 20.9. The fourth-order valence-electron chi connectivity index (χ4n) is 3.86. The number of nitrogens with one attached hydrogen (secondary N) is 1. The molecule has 1 saturated heterocycles. The molecule has 8 nitrogen and oxygen atoms in total. The molecule has 3 heterocycles. The predicted molar refractivity (Wildman–Crippen MR) is 120 cm³/mol. The van der Waals surface area contributed by atoms with Gasteiger partial charge >= 0.3 is 0 Å². The van der Waals surface area contributed by atoms with Crippen molar-refractivity contribution in [1.29, 1.82) is 0 Å². The minimum atomic E-state index is -3.55. The van der Waals surface area contributed by atoms with Crippen molar-refractivity contribution in [3.8, 4) is 22.6 Å². The summed E-state index contributed by atoms with van der Waals surface area (Å²) in [5.41, 5.74) is 2.73. The molecule has 2 aromatic carbocycles. The summed E-state index contributed by atoms with van der Waals surface area (Å²) < 4.78 is 32.8. The van der Waals surface area contributed by atoms with Crippen LogP contribution in [0.3, 0.4) is 0 Å². The van der Waals surface area contributed by atoms with E-state index in [0.29, 0.717) is 42.7 Å². The van der Waals surface area contributed by atoms with Crippen LogP contribution in [-0.2, 0) is 10.0 Å². The number of halogens is 1. The third kappa shape index (κ3) is 4.06. The van der Waals surface area contributed by atoms with E-state index in [1.165, 1.54) is 16.4 Å². The van der Waals surface area contributed by atoms with Crippen molar-refractivity contribution in [2.45, 2.75) is 23.7 Å². The topological polar surface area (TPSA) is 105 Å². The zero-order valence-electron chi connectivity index (χ0n) is 17.0. The number of aromatic nitrogens is 4. The molecule has 0 atom stereocenters. The molecule has 1 fully saturated rings. The molecule has 4 aromatic rings. The minimum absolute atomic E-state index is 0.0173. The van der Waals surface area contributed by atoms with E-state index in [-0.39, 0.29) is 10.8 Å². The van der Waals surface area contributed by atoms with Crippen LogP contribution in [0.5, 0.6) is 0 Å². The van der Waals surface area contributed by atoms with Crippen LogP contribution in [-0.4, -0.2) is 46.2 Å². The molecular formula is C22H20ClN5O3S. The van der Waals surface area contributed by atoms with Crippen molar-refractivity contribution < 1.29 is 12.9 Å². The summed E-state index contributed by atoms with van der Waals surface area (Å²) in [6.07, 6.45) is 2.93. The number of aromatic amines is 1. The summed E-state index contributed by atoms with van der Waals surface area (Å²) in [7, 11) is -3.55. The molecule has 0 radical (unpaired) electrons. The number of rotatable bonds is 5. The predicted octanol–water partition coefficient (Wildman–Crippen LogP) is 4.35. The number of hydrogen-bond acceptors (Lipinski definition) is 6. The van der Waals surface area contributed by atoms with Gasteiger partial charge < -0.3 is 4.52 Å². The first-order valence-electron chi connectivity index (χ1n) is 10.2. The number of piperidine rings is 1. The van der Waals surface area contributed by atoms with Gasteiger partial charge in [0.2, 0.25) is 21.7 Å². The molecule has 1 aliphatic heterocycles. The van der Waals surface area contributed by atoms with Gasteiger partial charge in [0.15, 0.2) is 0 Å². The Morgan fingerprint density at radius 3 is 2.50 bits per heavy atom. The van der Waals surface area contributed by atoms with E-state index in [1.54, 1.807) is 18.3 Å². The smallest absolute Gasteiger partial charge is 0.243 e. The SMILES string of the molecule is O=S(=O)(c1ccc(Cl)cc1)N1CCC(c2nc(-c3cccc(-c4ccn[nH]4)c3)no2)CC1. The molecule has 0 aliphatic carbocycles. The lowest BCUT2D eigenvalue weighted by Crippen LogP contribution is -2.37. The molecular weight excluding hydrogens is 450 g/mol. The molecule has 32 heavy (non-hydrogen) atoms. The Morgan fingerprint density at radius 1 is 1.03 bits per heavy atom. The fourth-order valence-corrected chi connectivity index (χ4v) is 5.46. The largest absolute Gasteiger partial charge is 0.339 e.